The van der Waals surface area contributed by atoms with Gasteiger partial charge in [0.15, 0.2) is 0 Å². The quantitative estimate of drug-likeness (QED) is 0.657. The van der Waals surface area contributed by atoms with E-state index in [4.69, 9.17) is 10.8 Å². The topological polar surface area (TPSA) is 92.4 Å². The van der Waals surface area contributed by atoms with E-state index in [1.54, 1.807) is 6.92 Å². The smallest absolute Gasteiger partial charge is 0.305 e. The zero-order valence-corrected chi connectivity index (χ0v) is 10.2. The third kappa shape index (κ3) is 2.44. The van der Waals surface area contributed by atoms with Gasteiger partial charge in [0.2, 0.25) is 5.91 Å². The summed E-state index contributed by atoms with van der Waals surface area (Å²) in [7, 11) is 0. The fraction of sp³-hybridized carbons (Fsp3) is 0.833. The Morgan fingerprint density at radius 2 is 2.06 bits per heavy atom. The molecule has 0 spiro atoms. The lowest BCUT2D eigenvalue weighted by molar-refractivity contribution is -0.141. The Morgan fingerprint density at radius 3 is 2.41 bits per heavy atom. The summed E-state index contributed by atoms with van der Waals surface area (Å²) < 4.78 is 0. The molecule has 0 radical (unpaired) electrons. The molecule has 2 saturated carbocycles. The van der Waals surface area contributed by atoms with Crippen LogP contribution in [0.5, 0.6) is 0 Å². The molecule has 1 atom stereocenters. The van der Waals surface area contributed by atoms with E-state index in [0.717, 1.165) is 32.1 Å². The molecule has 17 heavy (non-hydrogen) atoms. The van der Waals surface area contributed by atoms with Crippen molar-refractivity contribution in [3.63, 3.8) is 0 Å². The molecule has 0 heterocycles. The van der Waals surface area contributed by atoms with Gasteiger partial charge in [-0.2, -0.15) is 0 Å². The van der Waals surface area contributed by atoms with Gasteiger partial charge < -0.3 is 16.2 Å². The van der Waals surface area contributed by atoms with Gasteiger partial charge >= 0.3 is 5.97 Å². The molecule has 2 aliphatic rings. The highest BCUT2D eigenvalue weighted by Gasteiger charge is 2.48. The summed E-state index contributed by atoms with van der Waals surface area (Å²) in [4.78, 5) is 22.9. The van der Waals surface area contributed by atoms with Crippen molar-refractivity contribution in [2.24, 2.45) is 11.7 Å². The van der Waals surface area contributed by atoms with Crippen LogP contribution in [0, 0.1) is 5.92 Å². The molecule has 0 bridgehead atoms. The maximum absolute atomic E-state index is 12.1. The summed E-state index contributed by atoms with van der Waals surface area (Å²) in [6, 6.07) is 0. The average Bonchev–Trinajstić information content (AvgIpc) is 2.96. The molecule has 5 nitrogen and oxygen atoms in total. The lowest BCUT2D eigenvalue weighted by Gasteiger charge is -2.43. The van der Waals surface area contributed by atoms with Crippen molar-refractivity contribution in [2.45, 2.75) is 56.5 Å². The van der Waals surface area contributed by atoms with Crippen LogP contribution in [0.1, 0.15) is 45.4 Å². The number of aliphatic carboxylic acids is 1. The minimum Gasteiger partial charge on any atom is -0.481 e. The van der Waals surface area contributed by atoms with Crippen LogP contribution in [0.15, 0.2) is 0 Å². The number of carboxylic acid groups (broad SMARTS) is 1. The molecule has 0 saturated heterocycles. The van der Waals surface area contributed by atoms with E-state index in [1.165, 1.54) is 0 Å². The molecule has 2 rings (SSSR count). The normalized spacial score (nSPS) is 25.5. The van der Waals surface area contributed by atoms with Crippen molar-refractivity contribution in [1.82, 2.24) is 5.32 Å². The van der Waals surface area contributed by atoms with Crippen molar-refractivity contribution >= 4 is 11.9 Å². The summed E-state index contributed by atoms with van der Waals surface area (Å²) in [6.07, 6.45) is 4.44. The van der Waals surface area contributed by atoms with Gasteiger partial charge in [0.25, 0.3) is 0 Å². The minimum atomic E-state index is -0.866. The predicted octanol–water partition coefficient (Wildman–Crippen LogP) is 0.627. The third-order valence-corrected chi connectivity index (χ3v) is 4.09. The molecule has 0 aromatic rings. The van der Waals surface area contributed by atoms with Crippen molar-refractivity contribution in [3.8, 4) is 0 Å². The maximum Gasteiger partial charge on any atom is 0.305 e. The van der Waals surface area contributed by atoms with Crippen molar-refractivity contribution in [3.05, 3.63) is 0 Å². The largest absolute Gasteiger partial charge is 0.481 e. The third-order valence-electron chi connectivity index (χ3n) is 4.09. The lowest BCUT2D eigenvalue weighted by atomic mass is 9.73. The van der Waals surface area contributed by atoms with E-state index in [-0.39, 0.29) is 18.2 Å². The van der Waals surface area contributed by atoms with Crippen LogP contribution in [0.25, 0.3) is 0 Å². The van der Waals surface area contributed by atoms with E-state index in [9.17, 15) is 9.59 Å². The standard InChI is InChI=1S/C12H20N2O3/c1-11(13,8-3-4-8)10(17)14-12(5-2-6-12)7-9(15)16/h8H,2-7,13H2,1H3,(H,14,17)(H,15,16). The van der Waals surface area contributed by atoms with E-state index in [1.807, 2.05) is 0 Å². The van der Waals surface area contributed by atoms with Crippen molar-refractivity contribution in [1.29, 1.82) is 0 Å². The number of nitrogens with one attached hydrogen (secondary N) is 1. The predicted molar refractivity (Wildman–Crippen MR) is 62.3 cm³/mol. The lowest BCUT2D eigenvalue weighted by Crippen LogP contribution is -2.62. The van der Waals surface area contributed by atoms with Crippen molar-refractivity contribution in [2.75, 3.05) is 0 Å². The first-order chi connectivity index (χ1) is 7.86. The number of amides is 1. The molecular formula is C12H20N2O3. The summed E-state index contributed by atoms with van der Waals surface area (Å²) in [6.45, 7) is 1.74. The van der Waals surface area contributed by atoms with Gasteiger partial charge in [-0.05, 0) is 44.9 Å². The summed E-state index contributed by atoms with van der Waals surface area (Å²) in [5.41, 5.74) is 4.63. The summed E-state index contributed by atoms with van der Waals surface area (Å²) in [5.74, 6) is -0.805. The first kappa shape index (κ1) is 12.4. The van der Waals surface area contributed by atoms with Gasteiger partial charge in [-0.3, -0.25) is 9.59 Å². The second kappa shape index (κ2) is 3.98. The minimum absolute atomic E-state index is 0.000509. The number of hydrogen-bond acceptors (Lipinski definition) is 3. The Kier molecular flexibility index (Phi) is 2.89. The molecule has 2 fully saturated rings. The molecule has 4 N–H and O–H groups in total. The number of rotatable bonds is 5. The summed E-state index contributed by atoms with van der Waals surface area (Å²) in [5, 5.41) is 11.7. The maximum atomic E-state index is 12.1. The highest BCUT2D eigenvalue weighted by atomic mass is 16.4. The highest BCUT2D eigenvalue weighted by molar-refractivity contribution is 5.87. The Balaban J connectivity index is 1.98. The fourth-order valence-corrected chi connectivity index (χ4v) is 2.48. The van der Waals surface area contributed by atoms with Gasteiger partial charge in [0.1, 0.15) is 0 Å². The molecule has 0 aliphatic heterocycles. The zero-order chi connectivity index (χ0) is 12.7. The average molecular weight is 240 g/mol. The molecule has 1 unspecified atom stereocenters. The van der Waals surface area contributed by atoms with Crippen LogP contribution in [-0.4, -0.2) is 28.1 Å². The Bertz CT molecular complexity index is 344. The second-order valence-corrected chi connectivity index (χ2v) is 5.72. The van der Waals surface area contributed by atoms with Gasteiger partial charge in [0.05, 0.1) is 17.5 Å². The first-order valence-electron chi connectivity index (χ1n) is 6.19. The van der Waals surface area contributed by atoms with Gasteiger partial charge in [0, 0.05) is 0 Å². The molecule has 0 aromatic carbocycles. The molecule has 1 amide bonds. The highest BCUT2D eigenvalue weighted by Crippen LogP contribution is 2.40. The van der Waals surface area contributed by atoms with E-state index in [0.29, 0.717) is 0 Å². The molecule has 5 heteroatoms. The van der Waals surface area contributed by atoms with Gasteiger partial charge in [-0.1, -0.05) is 0 Å². The second-order valence-electron chi connectivity index (χ2n) is 5.72. The molecule has 2 aliphatic carbocycles. The van der Waals surface area contributed by atoms with Crippen LogP contribution in [-0.2, 0) is 9.59 Å². The van der Waals surface area contributed by atoms with Crippen LogP contribution >= 0.6 is 0 Å². The van der Waals surface area contributed by atoms with Crippen LogP contribution in [0.4, 0.5) is 0 Å². The monoisotopic (exact) mass is 240 g/mol. The summed E-state index contributed by atoms with van der Waals surface area (Å²) >= 11 is 0. The van der Waals surface area contributed by atoms with Crippen LogP contribution in [0.3, 0.4) is 0 Å². The molecular weight excluding hydrogens is 220 g/mol. The van der Waals surface area contributed by atoms with E-state index >= 15 is 0 Å². The number of carbonyl (C=O) groups is 2. The van der Waals surface area contributed by atoms with E-state index in [2.05, 4.69) is 5.32 Å². The number of carbonyl (C=O) groups excluding carboxylic acids is 1. The Hall–Kier alpha value is -1.10. The zero-order valence-electron chi connectivity index (χ0n) is 10.2. The fourth-order valence-electron chi connectivity index (χ4n) is 2.48. The van der Waals surface area contributed by atoms with Crippen molar-refractivity contribution < 1.29 is 14.7 Å². The SMILES string of the molecule is CC(N)(C(=O)NC1(CC(=O)O)CCC1)C1CC1. The van der Waals surface area contributed by atoms with Gasteiger partial charge in [-0.25, -0.2) is 0 Å². The van der Waals surface area contributed by atoms with Crippen LogP contribution < -0.4 is 11.1 Å². The molecule has 96 valence electrons. The Morgan fingerprint density at radius 1 is 1.47 bits per heavy atom. The molecule has 0 aromatic heterocycles. The first-order valence-corrected chi connectivity index (χ1v) is 6.19. The van der Waals surface area contributed by atoms with Crippen LogP contribution in [0.2, 0.25) is 0 Å². The van der Waals surface area contributed by atoms with E-state index < -0.39 is 17.0 Å². The van der Waals surface area contributed by atoms with Gasteiger partial charge in [-0.15, -0.1) is 0 Å². The number of nitrogens with two attached hydrogens (primary N) is 1. The number of carboxylic acids is 1. The number of hydrogen-bond donors (Lipinski definition) is 3. The Labute approximate surface area is 101 Å².